The van der Waals surface area contributed by atoms with Gasteiger partial charge in [0.2, 0.25) is 0 Å². The van der Waals surface area contributed by atoms with E-state index in [4.69, 9.17) is 17.4 Å². The molecular formula is C9H20NOS. The molecule has 0 N–H and O–H groups in total. The molecule has 0 aromatic heterocycles. The maximum Gasteiger partial charge on any atom is 0.115 e. The summed E-state index contributed by atoms with van der Waals surface area (Å²) in [6, 6.07) is 0. The van der Waals surface area contributed by atoms with Crippen molar-refractivity contribution >= 4 is 12.6 Å². The van der Waals surface area contributed by atoms with E-state index in [2.05, 4.69) is 25.7 Å². The molecule has 0 aliphatic rings. The van der Waals surface area contributed by atoms with Crippen LogP contribution in [0.3, 0.4) is 0 Å². The maximum atomic E-state index is 5.58. The van der Waals surface area contributed by atoms with Crippen LogP contribution >= 0.6 is 12.6 Å². The van der Waals surface area contributed by atoms with Crippen LogP contribution in [0, 0.1) is 0 Å². The number of rotatable bonds is 6. The lowest BCUT2D eigenvalue weighted by molar-refractivity contribution is -0.0547. The van der Waals surface area contributed by atoms with E-state index in [9.17, 15) is 0 Å². The van der Waals surface area contributed by atoms with Gasteiger partial charge in [-0.1, -0.05) is 33.4 Å². The molecule has 0 bridgehead atoms. The van der Waals surface area contributed by atoms with Crippen molar-refractivity contribution in [3.63, 3.8) is 0 Å². The molecule has 0 amide bonds. The van der Waals surface area contributed by atoms with Crippen molar-refractivity contribution in [2.45, 2.75) is 45.8 Å². The normalized spacial score (nSPS) is 16.5. The topological polar surface area (TPSA) is 12.5 Å². The predicted octanol–water partition coefficient (Wildman–Crippen LogP) is 2.62. The van der Waals surface area contributed by atoms with Gasteiger partial charge in [0.15, 0.2) is 0 Å². The first-order valence-corrected chi connectivity index (χ1v) is 5.18. The van der Waals surface area contributed by atoms with Crippen LogP contribution < -0.4 is 0 Å². The summed E-state index contributed by atoms with van der Waals surface area (Å²) in [5.74, 6) is 0. The van der Waals surface area contributed by atoms with E-state index in [0.717, 1.165) is 19.5 Å². The zero-order valence-corrected chi connectivity index (χ0v) is 9.36. The first-order valence-electron chi connectivity index (χ1n) is 4.70. The molecule has 0 heterocycles. The zero-order chi connectivity index (χ0) is 9.56. The summed E-state index contributed by atoms with van der Waals surface area (Å²) in [5, 5.41) is 0. The highest BCUT2D eigenvalue weighted by atomic mass is 32.1. The fourth-order valence-electron chi connectivity index (χ4n) is 1.14. The molecule has 0 aliphatic carbocycles. The highest BCUT2D eigenvalue weighted by molar-refractivity contribution is 7.80. The second kappa shape index (κ2) is 6.75. The van der Waals surface area contributed by atoms with Crippen LogP contribution in [0.25, 0.3) is 0 Å². The molecule has 0 aliphatic heterocycles. The van der Waals surface area contributed by atoms with Gasteiger partial charge in [-0.15, -0.1) is 0 Å². The monoisotopic (exact) mass is 190 g/mol. The van der Waals surface area contributed by atoms with Crippen LogP contribution in [0.1, 0.15) is 34.1 Å². The van der Waals surface area contributed by atoms with Crippen LogP contribution in [0.4, 0.5) is 0 Å². The summed E-state index contributed by atoms with van der Waals surface area (Å²) < 4.78 is 5.58. The van der Waals surface area contributed by atoms with Crippen LogP contribution in [0.15, 0.2) is 0 Å². The van der Waals surface area contributed by atoms with Gasteiger partial charge in [-0.25, -0.2) is 0 Å². The Morgan fingerprint density at radius 2 is 1.75 bits per heavy atom. The highest BCUT2D eigenvalue weighted by Crippen LogP contribution is 2.09. The van der Waals surface area contributed by atoms with Gasteiger partial charge in [0, 0.05) is 0 Å². The molecule has 1 radical (unpaired) electrons. The van der Waals surface area contributed by atoms with E-state index < -0.39 is 0 Å². The molecule has 12 heavy (non-hydrogen) atoms. The van der Waals surface area contributed by atoms with Crippen LogP contribution in [-0.4, -0.2) is 29.7 Å². The summed E-state index contributed by atoms with van der Waals surface area (Å²) in [6.07, 6.45) is 1.06. The summed E-state index contributed by atoms with van der Waals surface area (Å²) >= 11 is 5.08. The minimum Gasteiger partial charge on any atom is -0.349 e. The SMILES string of the molecule is CCC([S])OC(C)N(CC)CC. The molecule has 0 aromatic carbocycles. The van der Waals surface area contributed by atoms with Crippen molar-refractivity contribution in [3.8, 4) is 0 Å². The second-order valence-electron chi connectivity index (χ2n) is 2.79. The van der Waals surface area contributed by atoms with Gasteiger partial charge < -0.3 is 4.74 Å². The molecule has 0 saturated heterocycles. The van der Waals surface area contributed by atoms with Crippen molar-refractivity contribution in [3.05, 3.63) is 0 Å². The Bertz CT molecular complexity index is 107. The summed E-state index contributed by atoms with van der Waals surface area (Å²) in [5.41, 5.74) is -0.0411. The van der Waals surface area contributed by atoms with Gasteiger partial charge in [0.05, 0.1) is 0 Å². The average molecular weight is 190 g/mol. The molecule has 0 aromatic rings. The summed E-state index contributed by atoms with van der Waals surface area (Å²) in [7, 11) is 0. The molecular weight excluding hydrogens is 170 g/mol. The van der Waals surface area contributed by atoms with Gasteiger partial charge in [-0.2, -0.15) is 0 Å². The van der Waals surface area contributed by atoms with E-state index in [-0.39, 0.29) is 11.7 Å². The molecule has 0 spiro atoms. The minimum absolute atomic E-state index is 0.0411. The Labute approximate surface area is 81.7 Å². The quantitative estimate of drug-likeness (QED) is 0.597. The Kier molecular flexibility index (Phi) is 6.90. The molecule has 0 fully saturated rings. The van der Waals surface area contributed by atoms with Gasteiger partial charge in [-0.05, 0) is 26.4 Å². The molecule has 3 heteroatoms. The van der Waals surface area contributed by atoms with Crippen molar-refractivity contribution in [2.24, 2.45) is 0 Å². The number of hydrogen-bond donors (Lipinski definition) is 0. The third-order valence-corrected chi connectivity index (χ3v) is 2.45. The first kappa shape index (κ1) is 12.3. The Morgan fingerprint density at radius 3 is 2.08 bits per heavy atom. The van der Waals surface area contributed by atoms with Crippen LogP contribution in [-0.2, 0) is 4.74 Å². The largest absolute Gasteiger partial charge is 0.349 e. The molecule has 2 nitrogen and oxygen atoms in total. The first-order chi connectivity index (χ1) is 5.65. The summed E-state index contributed by atoms with van der Waals surface area (Å²) in [4.78, 5) is 2.24. The lowest BCUT2D eigenvalue weighted by atomic mass is 10.4. The lowest BCUT2D eigenvalue weighted by Crippen LogP contribution is -2.36. The second-order valence-corrected chi connectivity index (χ2v) is 3.32. The molecule has 2 atom stereocenters. The molecule has 73 valence electrons. The van der Waals surface area contributed by atoms with Gasteiger partial charge in [0.25, 0.3) is 0 Å². The highest BCUT2D eigenvalue weighted by Gasteiger charge is 2.13. The van der Waals surface area contributed by atoms with Crippen molar-refractivity contribution in [2.75, 3.05) is 13.1 Å². The van der Waals surface area contributed by atoms with Gasteiger partial charge >= 0.3 is 0 Å². The van der Waals surface area contributed by atoms with E-state index in [1.165, 1.54) is 0 Å². The van der Waals surface area contributed by atoms with E-state index >= 15 is 0 Å². The minimum atomic E-state index is -0.0411. The average Bonchev–Trinajstić information content (AvgIpc) is 2.06. The van der Waals surface area contributed by atoms with E-state index in [1.807, 2.05) is 6.92 Å². The fraction of sp³-hybridized carbons (Fsp3) is 1.00. The molecule has 0 rings (SSSR count). The number of hydrogen-bond acceptors (Lipinski definition) is 2. The lowest BCUT2D eigenvalue weighted by Gasteiger charge is -2.27. The third kappa shape index (κ3) is 4.33. The third-order valence-electron chi connectivity index (χ3n) is 2.01. The molecule has 0 saturated carbocycles. The number of ether oxygens (including phenoxy) is 1. The molecule has 2 unspecified atom stereocenters. The van der Waals surface area contributed by atoms with Crippen LogP contribution in [0.5, 0.6) is 0 Å². The zero-order valence-electron chi connectivity index (χ0n) is 8.54. The van der Waals surface area contributed by atoms with Crippen molar-refractivity contribution in [1.29, 1.82) is 0 Å². The van der Waals surface area contributed by atoms with E-state index in [1.54, 1.807) is 0 Å². The predicted molar refractivity (Wildman–Crippen MR) is 55.1 cm³/mol. The van der Waals surface area contributed by atoms with Crippen molar-refractivity contribution < 1.29 is 4.74 Å². The maximum absolute atomic E-state index is 5.58. The number of nitrogens with zero attached hydrogens (tertiary/aromatic N) is 1. The summed E-state index contributed by atoms with van der Waals surface area (Å²) in [6.45, 7) is 10.4. The van der Waals surface area contributed by atoms with E-state index in [0.29, 0.717) is 0 Å². The standard InChI is InChI=1S/C9H20NOS/c1-5-9(12)11-8(4)10(6-2)7-3/h8-9H,5-7H2,1-4H3. The fourth-order valence-corrected chi connectivity index (χ4v) is 1.30. The Balaban J connectivity index is 3.75. The van der Waals surface area contributed by atoms with Crippen LogP contribution in [0.2, 0.25) is 0 Å². The Morgan fingerprint density at radius 1 is 1.25 bits per heavy atom. The van der Waals surface area contributed by atoms with Gasteiger partial charge in [-0.3, -0.25) is 4.90 Å². The van der Waals surface area contributed by atoms with Crippen molar-refractivity contribution in [1.82, 2.24) is 4.90 Å². The Hall–Kier alpha value is 0.270. The van der Waals surface area contributed by atoms with Gasteiger partial charge in [0.1, 0.15) is 11.7 Å². The smallest absolute Gasteiger partial charge is 0.115 e.